The molecular formula is C25H26ClN3O4. The number of hydrogen-bond donors (Lipinski definition) is 0. The van der Waals surface area contributed by atoms with Crippen LogP contribution in [0.3, 0.4) is 0 Å². The van der Waals surface area contributed by atoms with Crippen LogP contribution in [0.25, 0.3) is 11.3 Å². The summed E-state index contributed by atoms with van der Waals surface area (Å²) in [5, 5.41) is 0.657. The molecule has 7 nitrogen and oxygen atoms in total. The fourth-order valence-electron chi connectivity index (χ4n) is 3.91. The van der Waals surface area contributed by atoms with E-state index in [0.717, 1.165) is 12.0 Å². The highest BCUT2D eigenvalue weighted by molar-refractivity contribution is 6.30. The van der Waals surface area contributed by atoms with Crippen molar-refractivity contribution in [2.24, 2.45) is 0 Å². The largest absolute Gasteiger partial charge is 0.496 e. The molecule has 0 radical (unpaired) electrons. The van der Waals surface area contributed by atoms with Gasteiger partial charge in [-0.2, -0.15) is 0 Å². The molecule has 33 heavy (non-hydrogen) atoms. The number of nitrogens with zero attached hydrogens (tertiary/aromatic N) is 3. The second-order valence-corrected chi connectivity index (χ2v) is 8.29. The number of amides is 2. The van der Waals surface area contributed by atoms with Crippen molar-refractivity contribution in [1.82, 2.24) is 14.8 Å². The number of rotatable bonds is 6. The van der Waals surface area contributed by atoms with E-state index in [9.17, 15) is 9.59 Å². The molecule has 0 aliphatic carbocycles. The summed E-state index contributed by atoms with van der Waals surface area (Å²) >= 11 is 5.93. The zero-order valence-electron chi connectivity index (χ0n) is 18.5. The van der Waals surface area contributed by atoms with Crippen molar-refractivity contribution in [3.8, 4) is 17.1 Å². The van der Waals surface area contributed by atoms with Crippen LogP contribution < -0.4 is 4.74 Å². The molecule has 1 fully saturated rings. The van der Waals surface area contributed by atoms with Crippen LogP contribution in [-0.2, 0) is 11.2 Å². The Morgan fingerprint density at radius 2 is 1.76 bits per heavy atom. The van der Waals surface area contributed by atoms with Crippen molar-refractivity contribution in [3.05, 3.63) is 71.2 Å². The molecule has 0 spiro atoms. The molecule has 0 bridgehead atoms. The van der Waals surface area contributed by atoms with Gasteiger partial charge in [-0.3, -0.25) is 9.59 Å². The number of ether oxygens (including phenoxy) is 1. The van der Waals surface area contributed by atoms with Crippen molar-refractivity contribution in [2.75, 3.05) is 33.3 Å². The summed E-state index contributed by atoms with van der Waals surface area (Å²) in [5.41, 5.74) is 1.43. The number of methoxy groups -OCH3 is 1. The first-order valence-electron chi connectivity index (χ1n) is 11.0. The highest BCUT2D eigenvalue weighted by atomic mass is 35.5. The number of aryl methyl sites for hydroxylation is 1. The summed E-state index contributed by atoms with van der Waals surface area (Å²) in [6.45, 7) is 2.21. The molecule has 0 N–H and O–H groups in total. The van der Waals surface area contributed by atoms with E-state index >= 15 is 0 Å². The van der Waals surface area contributed by atoms with Crippen LogP contribution in [0.2, 0.25) is 5.02 Å². The van der Waals surface area contributed by atoms with E-state index < -0.39 is 0 Å². The van der Waals surface area contributed by atoms with E-state index in [1.807, 2.05) is 29.2 Å². The van der Waals surface area contributed by atoms with E-state index in [0.29, 0.717) is 67.0 Å². The van der Waals surface area contributed by atoms with Crippen molar-refractivity contribution < 1.29 is 18.7 Å². The lowest BCUT2D eigenvalue weighted by atomic mass is 10.1. The van der Waals surface area contributed by atoms with Gasteiger partial charge in [-0.1, -0.05) is 23.7 Å². The monoisotopic (exact) mass is 467 g/mol. The zero-order valence-corrected chi connectivity index (χ0v) is 19.3. The van der Waals surface area contributed by atoms with E-state index in [-0.39, 0.29) is 11.8 Å². The molecule has 0 atom stereocenters. The van der Waals surface area contributed by atoms with Crippen LogP contribution in [0.5, 0.6) is 5.75 Å². The van der Waals surface area contributed by atoms with Gasteiger partial charge in [0.25, 0.3) is 5.91 Å². The van der Waals surface area contributed by atoms with Crippen molar-refractivity contribution in [2.45, 2.75) is 19.3 Å². The Bertz CT molecular complexity index is 1110. The lowest BCUT2D eigenvalue weighted by molar-refractivity contribution is -0.131. The minimum absolute atomic E-state index is 0.0350. The van der Waals surface area contributed by atoms with Crippen molar-refractivity contribution >= 4 is 23.4 Å². The Balaban J connectivity index is 1.31. The molecular weight excluding hydrogens is 442 g/mol. The molecule has 2 amide bonds. The van der Waals surface area contributed by atoms with Crippen LogP contribution in [-0.4, -0.2) is 59.9 Å². The Morgan fingerprint density at radius 3 is 2.55 bits per heavy atom. The van der Waals surface area contributed by atoms with Gasteiger partial charge < -0.3 is 19.0 Å². The van der Waals surface area contributed by atoms with E-state index in [4.69, 9.17) is 20.8 Å². The minimum Gasteiger partial charge on any atom is -0.496 e. The fourth-order valence-corrected chi connectivity index (χ4v) is 4.03. The third-order valence-corrected chi connectivity index (χ3v) is 5.96. The van der Waals surface area contributed by atoms with Gasteiger partial charge in [0.1, 0.15) is 5.75 Å². The van der Waals surface area contributed by atoms with E-state index in [1.54, 1.807) is 42.5 Å². The Morgan fingerprint density at radius 1 is 1.03 bits per heavy atom. The van der Waals surface area contributed by atoms with Gasteiger partial charge in [0.2, 0.25) is 5.91 Å². The first-order valence-corrected chi connectivity index (χ1v) is 11.3. The number of carbonyl (C=O) groups excluding carboxylic acids is 2. The molecule has 1 aliphatic heterocycles. The summed E-state index contributed by atoms with van der Waals surface area (Å²) < 4.78 is 11.1. The van der Waals surface area contributed by atoms with Gasteiger partial charge in [0.15, 0.2) is 11.7 Å². The zero-order chi connectivity index (χ0) is 23.2. The summed E-state index contributed by atoms with van der Waals surface area (Å²) in [5.74, 6) is 1.69. The number of oxazole rings is 1. The molecule has 1 saturated heterocycles. The maximum Gasteiger partial charge on any atom is 0.257 e. The van der Waals surface area contributed by atoms with Crippen molar-refractivity contribution in [1.29, 1.82) is 0 Å². The lowest BCUT2D eigenvalue weighted by Gasteiger charge is -2.23. The molecule has 3 aromatic rings. The third kappa shape index (κ3) is 5.54. The number of hydrogen-bond acceptors (Lipinski definition) is 5. The predicted molar refractivity (Wildman–Crippen MR) is 125 cm³/mol. The third-order valence-electron chi connectivity index (χ3n) is 5.71. The van der Waals surface area contributed by atoms with E-state index in [1.165, 1.54) is 0 Å². The van der Waals surface area contributed by atoms with Crippen LogP contribution in [0.15, 0.2) is 59.1 Å². The average molecular weight is 468 g/mol. The molecule has 172 valence electrons. The Kier molecular flexibility index (Phi) is 7.29. The standard InChI is InChI=1S/C25H26ClN3O4/c1-32-21-6-3-2-5-20(21)25(31)29-14-4-13-28(15-16-29)24(30)12-11-23-27-17-22(33-23)18-7-9-19(26)10-8-18/h2-3,5-10,17H,4,11-16H2,1H3. The number of para-hydroxylation sites is 1. The normalized spacial score (nSPS) is 14.1. The summed E-state index contributed by atoms with van der Waals surface area (Å²) in [6, 6.07) is 14.5. The number of carbonyl (C=O) groups is 2. The maximum absolute atomic E-state index is 13.0. The smallest absolute Gasteiger partial charge is 0.257 e. The number of halogens is 1. The van der Waals surface area contributed by atoms with Crippen LogP contribution in [0.1, 0.15) is 29.1 Å². The first kappa shape index (κ1) is 22.9. The van der Waals surface area contributed by atoms with Gasteiger partial charge in [-0.05, 0) is 42.8 Å². The lowest BCUT2D eigenvalue weighted by Crippen LogP contribution is -2.37. The number of aromatic nitrogens is 1. The molecule has 1 aromatic heterocycles. The Hall–Kier alpha value is -3.32. The summed E-state index contributed by atoms with van der Waals surface area (Å²) in [6.07, 6.45) is 3.12. The van der Waals surface area contributed by atoms with Crippen LogP contribution >= 0.6 is 11.6 Å². The topological polar surface area (TPSA) is 75.9 Å². The second kappa shape index (κ2) is 10.5. The molecule has 8 heteroatoms. The van der Waals surface area contributed by atoms with Gasteiger partial charge in [-0.25, -0.2) is 4.98 Å². The van der Waals surface area contributed by atoms with Crippen LogP contribution in [0, 0.1) is 0 Å². The Labute approximate surface area is 197 Å². The SMILES string of the molecule is COc1ccccc1C(=O)N1CCCN(C(=O)CCc2ncc(-c3ccc(Cl)cc3)o2)CC1. The predicted octanol–water partition coefficient (Wildman–Crippen LogP) is 4.31. The number of benzene rings is 2. The van der Waals surface area contributed by atoms with Gasteiger partial charge in [0, 0.05) is 49.6 Å². The molecule has 4 rings (SSSR count). The highest BCUT2D eigenvalue weighted by Gasteiger charge is 2.24. The summed E-state index contributed by atoms with van der Waals surface area (Å²) in [7, 11) is 1.56. The highest BCUT2D eigenvalue weighted by Crippen LogP contribution is 2.23. The molecule has 0 unspecified atom stereocenters. The van der Waals surface area contributed by atoms with Crippen molar-refractivity contribution in [3.63, 3.8) is 0 Å². The van der Waals surface area contributed by atoms with E-state index in [2.05, 4.69) is 4.98 Å². The molecule has 2 heterocycles. The summed E-state index contributed by atoms with van der Waals surface area (Å²) in [4.78, 5) is 33.7. The second-order valence-electron chi connectivity index (χ2n) is 7.85. The van der Waals surface area contributed by atoms with Gasteiger partial charge in [-0.15, -0.1) is 0 Å². The van der Waals surface area contributed by atoms with Gasteiger partial charge >= 0.3 is 0 Å². The maximum atomic E-state index is 13.0. The quantitative estimate of drug-likeness (QED) is 0.540. The average Bonchev–Trinajstić information content (AvgIpc) is 3.18. The molecule has 2 aromatic carbocycles. The van der Waals surface area contributed by atoms with Gasteiger partial charge in [0.05, 0.1) is 18.9 Å². The van der Waals surface area contributed by atoms with Crippen LogP contribution in [0.4, 0.5) is 0 Å². The first-order chi connectivity index (χ1) is 16.0. The molecule has 0 saturated carbocycles. The fraction of sp³-hybridized carbons (Fsp3) is 0.320. The molecule has 1 aliphatic rings. The minimum atomic E-state index is -0.0729.